The molecule has 4 heteroatoms. The molecule has 5 rings (SSSR count). The highest BCUT2D eigenvalue weighted by atomic mass is 15.2. The third kappa shape index (κ3) is 1.17. The summed E-state index contributed by atoms with van der Waals surface area (Å²) in [4.78, 5) is 4.46. The van der Waals surface area contributed by atoms with Crippen LogP contribution >= 0.6 is 0 Å². The Morgan fingerprint density at radius 2 is 2.14 bits per heavy atom. The zero-order valence-electron chi connectivity index (χ0n) is 14.5. The van der Waals surface area contributed by atoms with Crippen LogP contribution in [-0.4, -0.2) is 14.1 Å². The second-order valence-electron chi connectivity index (χ2n) is 5.50. The normalized spacial score (nSPS) is 15.8. The first-order valence-electron chi connectivity index (χ1n) is 8.45. The molecule has 0 atom stereocenters. The van der Waals surface area contributed by atoms with Crippen molar-refractivity contribution in [1.82, 2.24) is 14.1 Å². The molecule has 0 saturated carbocycles. The second kappa shape index (κ2) is 3.52. The fourth-order valence-corrected chi connectivity index (χ4v) is 3.53. The van der Waals surface area contributed by atoms with Gasteiger partial charge >= 0.3 is 0 Å². The van der Waals surface area contributed by atoms with Gasteiger partial charge in [0.1, 0.15) is 11.2 Å². The highest BCUT2D eigenvalue weighted by molar-refractivity contribution is 6.04. The van der Waals surface area contributed by atoms with E-state index in [0.29, 0.717) is 18.0 Å². The van der Waals surface area contributed by atoms with Gasteiger partial charge in [0.2, 0.25) is 0 Å². The molecule has 0 amide bonds. The second-order valence-corrected chi connectivity index (χ2v) is 5.50. The predicted molar refractivity (Wildman–Crippen MR) is 81.9 cm³/mol. The van der Waals surface area contributed by atoms with Crippen LogP contribution in [0.1, 0.15) is 9.68 Å². The van der Waals surface area contributed by atoms with Crippen molar-refractivity contribution in [3.63, 3.8) is 0 Å². The summed E-state index contributed by atoms with van der Waals surface area (Å²) in [5.74, 6) is 0.664. The molecule has 0 radical (unpaired) electrons. The zero-order valence-corrected chi connectivity index (χ0v) is 11.5. The molecule has 0 fully saturated rings. The van der Waals surface area contributed by atoms with Crippen LogP contribution < -0.4 is 4.57 Å². The lowest BCUT2D eigenvalue weighted by atomic mass is 10.2. The third-order valence-electron chi connectivity index (χ3n) is 4.43. The Morgan fingerprint density at radius 3 is 3.05 bits per heavy atom. The fourth-order valence-electron chi connectivity index (χ4n) is 3.53. The number of hydrogen-bond acceptors (Lipinski definition) is 1. The molecule has 0 aliphatic carbocycles. The van der Waals surface area contributed by atoms with E-state index in [4.69, 9.17) is 4.11 Å². The number of benzene rings is 1. The molecule has 1 aromatic carbocycles. The Labute approximate surface area is 126 Å². The Balaban J connectivity index is 2.05. The Morgan fingerprint density at radius 1 is 1.24 bits per heavy atom. The molecular formula is C17H15N4+. The minimum absolute atomic E-state index is 0.645. The molecule has 4 nitrogen and oxygen atoms in total. The molecule has 0 unspecified atom stereocenters. The molecule has 1 aliphatic heterocycles. The van der Waals surface area contributed by atoms with Gasteiger partial charge in [0.05, 0.1) is 30.1 Å². The van der Waals surface area contributed by atoms with Gasteiger partial charge in [0.15, 0.2) is 5.52 Å². The fraction of sp³-hybridized carbons (Fsp3) is 0.176. The first-order chi connectivity index (χ1) is 11.5. The van der Waals surface area contributed by atoms with Crippen LogP contribution in [0.3, 0.4) is 0 Å². The van der Waals surface area contributed by atoms with Gasteiger partial charge < -0.3 is 0 Å². The quantitative estimate of drug-likeness (QED) is 0.399. The molecule has 0 N–H and O–H groups in total. The van der Waals surface area contributed by atoms with Gasteiger partial charge in [-0.1, -0.05) is 18.2 Å². The van der Waals surface area contributed by atoms with Crippen LogP contribution in [-0.2, 0) is 20.6 Å². The highest BCUT2D eigenvalue weighted by Crippen LogP contribution is 2.35. The van der Waals surface area contributed by atoms with E-state index in [1.807, 2.05) is 48.0 Å². The lowest BCUT2D eigenvalue weighted by molar-refractivity contribution is -0.636. The molecule has 0 spiro atoms. The average molecular weight is 278 g/mol. The minimum atomic E-state index is -2.28. The highest BCUT2D eigenvalue weighted by Gasteiger charge is 2.34. The van der Waals surface area contributed by atoms with Gasteiger partial charge in [-0.15, -0.1) is 0 Å². The van der Waals surface area contributed by atoms with Crippen molar-refractivity contribution in [1.29, 1.82) is 0 Å². The smallest absolute Gasteiger partial charge is 0.259 e. The van der Waals surface area contributed by atoms with E-state index in [1.165, 1.54) is 4.57 Å². The van der Waals surface area contributed by atoms with Crippen LogP contribution in [0, 0.1) is 0 Å². The first kappa shape index (κ1) is 8.62. The maximum absolute atomic E-state index is 8.09. The molecular weight excluding hydrogens is 260 g/mol. The maximum atomic E-state index is 8.09. The van der Waals surface area contributed by atoms with E-state index in [1.54, 1.807) is 6.20 Å². The van der Waals surface area contributed by atoms with Crippen molar-refractivity contribution in [3.8, 4) is 11.5 Å². The number of nitrogens with zero attached hydrogens (tertiary/aromatic N) is 4. The molecule has 1 aliphatic rings. The van der Waals surface area contributed by atoms with E-state index in [-0.39, 0.29) is 0 Å². The van der Waals surface area contributed by atoms with Gasteiger partial charge in [0, 0.05) is 11.8 Å². The van der Waals surface area contributed by atoms with Crippen molar-refractivity contribution < 1.29 is 8.68 Å². The number of hydrogen-bond donors (Lipinski definition) is 0. The number of imidazole rings is 1. The monoisotopic (exact) mass is 278 g/mol. The standard InChI is InChI=1S/C17H15N4/c1-19-13-8-4-3-7-12(13)15-17(19)20(2)16-14-11(10-21(15)16)6-5-9-18-14/h3-9H,10H2,1-2H3/q+1/i2D3. The first-order valence-corrected chi connectivity index (χ1v) is 6.95. The van der Waals surface area contributed by atoms with Gasteiger partial charge in [-0.05, 0) is 18.2 Å². The molecule has 4 aromatic rings. The van der Waals surface area contributed by atoms with Gasteiger partial charge in [-0.3, -0.25) is 4.57 Å². The van der Waals surface area contributed by atoms with E-state index in [9.17, 15) is 0 Å². The van der Waals surface area contributed by atoms with Crippen LogP contribution in [0.15, 0.2) is 42.6 Å². The summed E-state index contributed by atoms with van der Waals surface area (Å²) in [6.07, 6.45) is 1.72. The van der Waals surface area contributed by atoms with E-state index in [2.05, 4.69) is 9.55 Å². The number of pyridine rings is 1. The summed E-state index contributed by atoms with van der Waals surface area (Å²) in [5, 5.41) is 1.06. The topological polar surface area (TPSA) is 26.6 Å². The van der Waals surface area contributed by atoms with Crippen molar-refractivity contribution in [3.05, 3.63) is 48.2 Å². The molecule has 4 heterocycles. The summed E-state index contributed by atoms with van der Waals surface area (Å²) in [6, 6.07) is 11.9. The van der Waals surface area contributed by atoms with Crippen molar-refractivity contribution >= 4 is 22.1 Å². The number of aromatic nitrogens is 4. The summed E-state index contributed by atoms with van der Waals surface area (Å²) >= 11 is 0. The van der Waals surface area contributed by atoms with Gasteiger partial charge in [-0.25, -0.2) is 14.1 Å². The number of aryl methyl sites for hydroxylation is 2. The SMILES string of the molecule is [2H]C([2H])([2H])[n+]1c2n(c3c4ccccc4n(C)c31)Cc1cccnc1-2. The Kier molecular flexibility index (Phi) is 1.45. The lowest BCUT2D eigenvalue weighted by Crippen LogP contribution is -2.31. The summed E-state index contributed by atoms with van der Waals surface area (Å²) in [6.45, 7) is -1.63. The Hall–Kier alpha value is -2.62. The number of fused-ring (bicyclic) bond motifs is 7. The predicted octanol–water partition coefficient (Wildman–Crippen LogP) is 2.38. The molecule has 3 aromatic heterocycles. The van der Waals surface area contributed by atoms with Crippen molar-refractivity contribution in [2.45, 2.75) is 6.54 Å². The molecule has 0 saturated heterocycles. The van der Waals surface area contributed by atoms with Crippen LogP contribution in [0.2, 0.25) is 0 Å². The summed E-state index contributed by atoms with van der Waals surface area (Å²) in [7, 11) is 1.92. The van der Waals surface area contributed by atoms with E-state index in [0.717, 1.165) is 27.7 Å². The van der Waals surface area contributed by atoms with Crippen molar-refractivity contribution in [2.24, 2.45) is 14.0 Å². The van der Waals surface area contributed by atoms with Crippen LogP contribution in [0.4, 0.5) is 0 Å². The Bertz CT molecular complexity index is 1130. The zero-order chi connectivity index (χ0) is 16.6. The lowest BCUT2D eigenvalue weighted by Gasteiger charge is -1.97. The summed E-state index contributed by atoms with van der Waals surface area (Å²) < 4.78 is 29.8. The largest absolute Gasteiger partial charge is 0.269 e. The maximum Gasteiger partial charge on any atom is 0.269 e. The molecule has 102 valence electrons. The van der Waals surface area contributed by atoms with Crippen LogP contribution in [0.5, 0.6) is 0 Å². The van der Waals surface area contributed by atoms with E-state index >= 15 is 0 Å². The molecule has 21 heavy (non-hydrogen) atoms. The van der Waals surface area contributed by atoms with Crippen LogP contribution in [0.25, 0.3) is 33.6 Å². The number of rotatable bonds is 0. The van der Waals surface area contributed by atoms with E-state index < -0.39 is 6.98 Å². The number of para-hydroxylation sites is 1. The minimum Gasteiger partial charge on any atom is -0.259 e. The molecule has 0 bridgehead atoms. The summed E-state index contributed by atoms with van der Waals surface area (Å²) in [5.41, 5.74) is 4.51. The third-order valence-corrected chi connectivity index (χ3v) is 4.43. The van der Waals surface area contributed by atoms with Gasteiger partial charge in [-0.2, -0.15) is 0 Å². The van der Waals surface area contributed by atoms with Crippen molar-refractivity contribution in [2.75, 3.05) is 0 Å². The average Bonchev–Trinajstić information content (AvgIpc) is 3.15. The van der Waals surface area contributed by atoms with Gasteiger partial charge in [0.25, 0.3) is 11.5 Å².